The van der Waals surface area contributed by atoms with Gasteiger partial charge in [-0.2, -0.15) is 0 Å². The molecule has 0 radical (unpaired) electrons. The molecular formula is C41H78O6. The van der Waals surface area contributed by atoms with Crippen LogP contribution in [0.3, 0.4) is 0 Å². The molecule has 0 aromatic heterocycles. The SMILES string of the molecule is CCCCCCCCCCCCCCCCC(=O)OCC(COC(=O)CCCCCCCC)OC(=O)CCCCCCCCCCC. The quantitative estimate of drug-likeness (QED) is 0.0373. The summed E-state index contributed by atoms with van der Waals surface area (Å²) in [5, 5.41) is 0. The minimum atomic E-state index is -0.755. The highest BCUT2D eigenvalue weighted by molar-refractivity contribution is 5.71. The molecule has 0 amide bonds. The number of hydrogen-bond donors (Lipinski definition) is 0. The van der Waals surface area contributed by atoms with E-state index in [9.17, 15) is 14.4 Å². The summed E-state index contributed by atoms with van der Waals surface area (Å²) in [5.74, 6) is -0.871. The standard InChI is InChI=1S/C41H78O6/c1-4-7-10-13-16-18-19-20-21-22-24-25-28-31-34-40(43)46-37-38(36-45-39(42)33-30-27-15-12-9-6-3)47-41(44)35-32-29-26-23-17-14-11-8-5-2/h38H,4-37H2,1-3H3. The monoisotopic (exact) mass is 667 g/mol. The van der Waals surface area contributed by atoms with Crippen LogP contribution in [-0.2, 0) is 28.6 Å². The lowest BCUT2D eigenvalue weighted by Gasteiger charge is -2.18. The lowest BCUT2D eigenvalue weighted by atomic mass is 10.0. The third-order valence-corrected chi connectivity index (χ3v) is 9.11. The first-order chi connectivity index (χ1) is 23.0. The number of carbonyl (C=O) groups excluding carboxylic acids is 3. The molecule has 0 saturated heterocycles. The molecule has 1 atom stereocenters. The Morgan fingerprint density at radius 2 is 0.574 bits per heavy atom. The van der Waals surface area contributed by atoms with E-state index in [1.54, 1.807) is 0 Å². The van der Waals surface area contributed by atoms with Crippen molar-refractivity contribution < 1.29 is 28.6 Å². The summed E-state index contributed by atoms with van der Waals surface area (Å²) in [4.78, 5) is 37.3. The van der Waals surface area contributed by atoms with Crippen molar-refractivity contribution in [3.8, 4) is 0 Å². The molecule has 0 aliphatic heterocycles. The Morgan fingerprint density at radius 1 is 0.340 bits per heavy atom. The van der Waals surface area contributed by atoms with E-state index < -0.39 is 6.10 Å². The highest BCUT2D eigenvalue weighted by Crippen LogP contribution is 2.15. The summed E-state index contributed by atoms with van der Waals surface area (Å²) in [6.45, 7) is 6.56. The van der Waals surface area contributed by atoms with Crippen molar-refractivity contribution >= 4 is 17.9 Å². The Morgan fingerprint density at radius 3 is 0.851 bits per heavy atom. The van der Waals surface area contributed by atoms with Gasteiger partial charge in [0.05, 0.1) is 0 Å². The van der Waals surface area contributed by atoms with E-state index in [0.717, 1.165) is 57.8 Å². The van der Waals surface area contributed by atoms with Crippen LogP contribution < -0.4 is 0 Å². The predicted octanol–water partition coefficient (Wildman–Crippen LogP) is 12.5. The molecule has 47 heavy (non-hydrogen) atoms. The van der Waals surface area contributed by atoms with Crippen molar-refractivity contribution in [1.29, 1.82) is 0 Å². The van der Waals surface area contributed by atoms with Gasteiger partial charge in [0.1, 0.15) is 13.2 Å². The first-order valence-electron chi connectivity index (χ1n) is 20.5. The molecule has 0 aromatic carbocycles. The first-order valence-corrected chi connectivity index (χ1v) is 20.5. The number of hydrogen-bond acceptors (Lipinski definition) is 6. The molecule has 6 heteroatoms. The molecule has 0 bridgehead atoms. The van der Waals surface area contributed by atoms with Gasteiger partial charge in [0.2, 0.25) is 0 Å². The van der Waals surface area contributed by atoms with Crippen molar-refractivity contribution in [2.45, 2.75) is 232 Å². The number of rotatable bonds is 37. The van der Waals surface area contributed by atoms with Gasteiger partial charge < -0.3 is 14.2 Å². The van der Waals surface area contributed by atoms with Gasteiger partial charge in [-0.3, -0.25) is 14.4 Å². The Kier molecular flexibility index (Phi) is 36.0. The van der Waals surface area contributed by atoms with Crippen LogP contribution in [0, 0.1) is 0 Å². The Labute approximate surface area is 291 Å². The second-order valence-electron chi connectivity index (χ2n) is 13.9. The van der Waals surface area contributed by atoms with Gasteiger partial charge in [-0.1, -0.05) is 188 Å². The van der Waals surface area contributed by atoms with Crippen molar-refractivity contribution in [3.63, 3.8) is 0 Å². The molecule has 0 N–H and O–H groups in total. The fourth-order valence-electron chi connectivity index (χ4n) is 5.97. The van der Waals surface area contributed by atoms with Crippen LogP contribution in [-0.4, -0.2) is 37.2 Å². The van der Waals surface area contributed by atoms with Gasteiger partial charge in [0.25, 0.3) is 0 Å². The maximum Gasteiger partial charge on any atom is 0.306 e. The average Bonchev–Trinajstić information content (AvgIpc) is 3.06. The van der Waals surface area contributed by atoms with Crippen LogP contribution in [0.2, 0.25) is 0 Å². The van der Waals surface area contributed by atoms with E-state index in [0.29, 0.717) is 19.3 Å². The topological polar surface area (TPSA) is 78.9 Å². The second kappa shape index (κ2) is 37.2. The molecule has 0 aromatic rings. The lowest BCUT2D eigenvalue weighted by molar-refractivity contribution is -0.167. The van der Waals surface area contributed by atoms with Crippen molar-refractivity contribution in [2.24, 2.45) is 0 Å². The predicted molar refractivity (Wildman–Crippen MR) is 197 cm³/mol. The molecule has 6 nitrogen and oxygen atoms in total. The molecule has 0 saturated carbocycles. The van der Waals surface area contributed by atoms with Crippen LogP contribution in [0.1, 0.15) is 226 Å². The van der Waals surface area contributed by atoms with Gasteiger partial charge in [0, 0.05) is 19.3 Å². The molecular weight excluding hydrogens is 588 g/mol. The molecule has 0 spiro atoms. The van der Waals surface area contributed by atoms with Crippen LogP contribution in [0.5, 0.6) is 0 Å². The van der Waals surface area contributed by atoms with Gasteiger partial charge in [-0.05, 0) is 19.3 Å². The van der Waals surface area contributed by atoms with Gasteiger partial charge >= 0.3 is 17.9 Å². The van der Waals surface area contributed by atoms with E-state index in [1.807, 2.05) is 0 Å². The van der Waals surface area contributed by atoms with Crippen molar-refractivity contribution in [3.05, 3.63) is 0 Å². The number of ether oxygens (including phenoxy) is 3. The average molecular weight is 667 g/mol. The third-order valence-electron chi connectivity index (χ3n) is 9.11. The molecule has 1 unspecified atom stereocenters. The minimum absolute atomic E-state index is 0.0643. The van der Waals surface area contributed by atoms with Crippen LogP contribution >= 0.6 is 0 Å². The molecule has 0 fully saturated rings. The summed E-state index contributed by atoms with van der Waals surface area (Å²) >= 11 is 0. The van der Waals surface area contributed by atoms with E-state index in [-0.39, 0.29) is 31.1 Å². The van der Waals surface area contributed by atoms with Gasteiger partial charge in [-0.15, -0.1) is 0 Å². The molecule has 0 aliphatic rings. The molecule has 0 heterocycles. The summed E-state index contributed by atoms with van der Waals surface area (Å²) in [7, 11) is 0. The Balaban J connectivity index is 4.23. The maximum absolute atomic E-state index is 12.6. The highest BCUT2D eigenvalue weighted by Gasteiger charge is 2.19. The van der Waals surface area contributed by atoms with E-state index in [4.69, 9.17) is 14.2 Å². The van der Waals surface area contributed by atoms with Gasteiger partial charge in [0.15, 0.2) is 6.10 Å². The minimum Gasteiger partial charge on any atom is -0.462 e. The fourth-order valence-corrected chi connectivity index (χ4v) is 5.97. The normalized spacial score (nSPS) is 11.8. The number of unbranched alkanes of at least 4 members (excludes halogenated alkanes) is 26. The summed E-state index contributed by atoms with van der Waals surface area (Å²) in [6, 6.07) is 0. The highest BCUT2D eigenvalue weighted by atomic mass is 16.6. The molecule has 0 rings (SSSR count). The largest absolute Gasteiger partial charge is 0.462 e. The van der Waals surface area contributed by atoms with Crippen LogP contribution in [0.15, 0.2) is 0 Å². The third kappa shape index (κ3) is 35.5. The molecule has 0 aliphatic carbocycles. The zero-order valence-corrected chi connectivity index (χ0v) is 31.6. The zero-order chi connectivity index (χ0) is 34.5. The van der Waals surface area contributed by atoms with Gasteiger partial charge in [-0.25, -0.2) is 0 Å². The van der Waals surface area contributed by atoms with Crippen molar-refractivity contribution in [2.75, 3.05) is 13.2 Å². The summed E-state index contributed by atoms with van der Waals surface area (Å²) < 4.78 is 16.5. The number of esters is 3. The zero-order valence-electron chi connectivity index (χ0n) is 31.6. The molecule has 278 valence electrons. The Bertz CT molecular complexity index is 693. The Hall–Kier alpha value is -1.59. The second-order valence-corrected chi connectivity index (χ2v) is 13.9. The van der Waals surface area contributed by atoms with Crippen molar-refractivity contribution in [1.82, 2.24) is 0 Å². The summed E-state index contributed by atoms with van der Waals surface area (Å²) in [5.41, 5.74) is 0. The van der Waals surface area contributed by atoms with Crippen LogP contribution in [0.25, 0.3) is 0 Å². The summed E-state index contributed by atoms with van der Waals surface area (Å²) in [6.07, 6.45) is 35.3. The van der Waals surface area contributed by atoms with E-state index in [1.165, 1.54) is 128 Å². The van der Waals surface area contributed by atoms with Crippen LogP contribution in [0.4, 0.5) is 0 Å². The van der Waals surface area contributed by atoms with E-state index >= 15 is 0 Å². The van der Waals surface area contributed by atoms with E-state index in [2.05, 4.69) is 20.8 Å². The lowest BCUT2D eigenvalue weighted by Crippen LogP contribution is -2.30. The first kappa shape index (κ1) is 45.4. The number of carbonyl (C=O) groups is 3. The smallest absolute Gasteiger partial charge is 0.306 e. The maximum atomic E-state index is 12.6. The fraction of sp³-hybridized carbons (Fsp3) is 0.927.